The first kappa shape index (κ1) is 19.8. The van der Waals surface area contributed by atoms with Gasteiger partial charge < -0.3 is 10.2 Å². The summed E-state index contributed by atoms with van der Waals surface area (Å²) in [6.07, 6.45) is 1.84. The molecule has 30 heavy (non-hydrogen) atoms. The Hall–Kier alpha value is -3.51. The molecule has 2 heterocycles. The van der Waals surface area contributed by atoms with E-state index >= 15 is 0 Å². The average Bonchev–Trinajstić information content (AvgIpc) is 3.27. The number of hydrogen-bond donors (Lipinski definition) is 1. The Labute approximate surface area is 183 Å². The van der Waals surface area contributed by atoms with Crippen molar-refractivity contribution in [2.24, 2.45) is 0 Å². The van der Waals surface area contributed by atoms with Gasteiger partial charge in [-0.1, -0.05) is 23.2 Å². The van der Waals surface area contributed by atoms with E-state index in [1.807, 2.05) is 31.2 Å². The molecule has 0 aliphatic heterocycles. The smallest absolute Gasteiger partial charge is 0.142 e. The number of halogens is 2. The Balaban J connectivity index is 1.85. The van der Waals surface area contributed by atoms with Gasteiger partial charge >= 0.3 is 0 Å². The van der Waals surface area contributed by atoms with Crippen LogP contribution in [0.25, 0.3) is 28.5 Å². The van der Waals surface area contributed by atoms with Crippen LogP contribution in [0.5, 0.6) is 0 Å². The standard InChI is InChI=1S/C23H14Cl2N4O/c1-11-15(21-12(2)17(10-27)23(28)29-22(21)16(11)9-26)8-14-4-6-20(30-14)13-3-5-18(24)19(25)7-13/h3-8H,1-2H3,(H2,28,29)/b15-8+. The molecule has 0 spiro atoms. The van der Waals surface area contributed by atoms with Crippen molar-refractivity contribution in [2.75, 3.05) is 5.73 Å². The Morgan fingerprint density at radius 2 is 1.83 bits per heavy atom. The van der Waals surface area contributed by atoms with E-state index in [-0.39, 0.29) is 5.82 Å². The van der Waals surface area contributed by atoms with Crippen molar-refractivity contribution in [3.8, 4) is 23.5 Å². The highest BCUT2D eigenvalue weighted by atomic mass is 35.5. The van der Waals surface area contributed by atoms with Crippen molar-refractivity contribution in [1.29, 1.82) is 10.5 Å². The third-order valence-corrected chi connectivity index (χ3v) is 5.84. The minimum atomic E-state index is 0.121. The largest absolute Gasteiger partial charge is 0.457 e. The van der Waals surface area contributed by atoms with Crippen LogP contribution in [0.3, 0.4) is 0 Å². The van der Waals surface area contributed by atoms with E-state index in [0.29, 0.717) is 44.0 Å². The fourth-order valence-corrected chi connectivity index (χ4v) is 3.87. The van der Waals surface area contributed by atoms with Crippen molar-refractivity contribution >= 4 is 46.2 Å². The lowest BCUT2D eigenvalue weighted by Gasteiger charge is -2.10. The monoisotopic (exact) mass is 432 g/mol. The summed E-state index contributed by atoms with van der Waals surface area (Å²) in [6.45, 7) is 3.65. The van der Waals surface area contributed by atoms with Crippen LogP contribution in [0.2, 0.25) is 10.0 Å². The molecule has 0 fully saturated rings. The molecule has 0 unspecified atom stereocenters. The zero-order valence-electron chi connectivity index (χ0n) is 16.0. The number of nitrogens with zero attached hydrogens (tertiary/aromatic N) is 3. The third-order valence-electron chi connectivity index (χ3n) is 5.10. The van der Waals surface area contributed by atoms with Crippen LogP contribution in [-0.2, 0) is 0 Å². The summed E-state index contributed by atoms with van der Waals surface area (Å²) in [7, 11) is 0. The number of nitrogens with two attached hydrogens (primary N) is 1. The number of nitriles is 2. The van der Waals surface area contributed by atoms with Gasteiger partial charge in [0.25, 0.3) is 0 Å². The summed E-state index contributed by atoms with van der Waals surface area (Å²) in [4.78, 5) is 4.33. The number of benzene rings is 1. The summed E-state index contributed by atoms with van der Waals surface area (Å²) < 4.78 is 5.99. The summed E-state index contributed by atoms with van der Waals surface area (Å²) in [6, 6.07) is 13.2. The van der Waals surface area contributed by atoms with Crippen molar-refractivity contribution < 1.29 is 4.42 Å². The minimum Gasteiger partial charge on any atom is -0.457 e. The summed E-state index contributed by atoms with van der Waals surface area (Å²) in [5.41, 5.74) is 10.9. The van der Waals surface area contributed by atoms with Crippen LogP contribution in [0, 0.1) is 29.6 Å². The molecule has 0 amide bonds. The lowest BCUT2D eigenvalue weighted by molar-refractivity contribution is 0.572. The van der Waals surface area contributed by atoms with Gasteiger partial charge in [0.2, 0.25) is 0 Å². The quantitative estimate of drug-likeness (QED) is 0.514. The maximum atomic E-state index is 9.65. The maximum Gasteiger partial charge on any atom is 0.142 e. The highest BCUT2D eigenvalue weighted by Gasteiger charge is 2.29. The Morgan fingerprint density at radius 1 is 1.07 bits per heavy atom. The molecule has 7 heteroatoms. The van der Waals surface area contributed by atoms with E-state index in [1.54, 1.807) is 19.1 Å². The number of rotatable bonds is 2. The molecule has 4 rings (SSSR count). The second kappa shape index (κ2) is 7.39. The lowest BCUT2D eigenvalue weighted by Crippen LogP contribution is -2.03. The van der Waals surface area contributed by atoms with E-state index in [1.165, 1.54) is 0 Å². The van der Waals surface area contributed by atoms with E-state index in [9.17, 15) is 10.5 Å². The predicted octanol–water partition coefficient (Wildman–Crippen LogP) is 6.26. The highest BCUT2D eigenvalue weighted by Crippen LogP contribution is 2.44. The SMILES string of the molecule is CC1=C(C#N)c2nc(N)c(C#N)c(C)c2/C1=C/c1ccc(-c2ccc(Cl)c(Cl)c2)o1. The van der Waals surface area contributed by atoms with E-state index < -0.39 is 0 Å². The minimum absolute atomic E-state index is 0.121. The molecule has 3 aromatic rings. The fraction of sp³-hybridized carbons (Fsp3) is 0.0870. The van der Waals surface area contributed by atoms with Gasteiger partial charge in [-0.25, -0.2) is 4.98 Å². The van der Waals surface area contributed by atoms with E-state index in [2.05, 4.69) is 17.1 Å². The molecule has 5 nitrogen and oxygen atoms in total. The maximum absolute atomic E-state index is 9.65. The number of anilines is 1. The van der Waals surface area contributed by atoms with Gasteiger partial charge in [0.05, 0.1) is 26.9 Å². The average molecular weight is 433 g/mol. The molecule has 0 saturated heterocycles. The number of allylic oxidation sites excluding steroid dienone is 3. The molecule has 0 radical (unpaired) electrons. The molecule has 2 N–H and O–H groups in total. The van der Waals surface area contributed by atoms with Crippen molar-refractivity contribution in [1.82, 2.24) is 4.98 Å². The van der Waals surface area contributed by atoms with E-state index in [4.69, 9.17) is 33.4 Å². The number of nitrogen functional groups attached to an aromatic ring is 1. The van der Waals surface area contributed by atoms with Gasteiger partial charge in [0, 0.05) is 11.1 Å². The summed E-state index contributed by atoms with van der Waals surface area (Å²) in [5, 5.41) is 20.0. The Morgan fingerprint density at radius 3 is 2.50 bits per heavy atom. The van der Waals surface area contributed by atoms with Crippen LogP contribution in [0.15, 0.2) is 40.3 Å². The molecule has 146 valence electrons. The first-order valence-corrected chi connectivity index (χ1v) is 9.70. The second-order valence-electron chi connectivity index (χ2n) is 6.83. The van der Waals surface area contributed by atoms with Gasteiger partial charge in [0.15, 0.2) is 0 Å². The number of aromatic nitrogens is 1. The predicted molar refractivity (Wildman–Crippen MR) is 118 cm³/mol. The van der Waals surface area contributed by atoms with Crippen molar-refractivity contribution in [3.05, 3.63) is 74.1 Å². The molecule has 0 bridgehead atoms. The molecule has 1 aromatic carbocycles. The Kier molecular flexibility index (Phi) is 4.87. The molecule has 0 saturated carbocycles. The van der Waals surface area contributed by atoms with Gasteiger partial charge in [-0.3, -0.25) is 0 Å². The molecule has 1 aliphatic carbocycles. The number of fused-ring (bicyclic) bond motifs is 1. The Bertz CT molecular complexity index is 1370. The van der Waals surface area contributed by atoms with Crippen LogP contribution < -0.4 is 5.73 Å². The van der Waals surface area contributed by atoms with E-state index in [0.717, 1.165) is 22.3 Å². The molecular formula is C23H14Cl2N4O. The zero-order chi connectivity index (χ0) is 21.6. The van der Waals surface area contributed by atoms with Gasteiger partial charge in [-0.05, 0) is 67.0 Å². The van der Waals surface area contributed by atoms with Crippen molar-refractivity contribution in [2.45, 2.75) is 13.8 Å². The first-order chi connectivity index (χ1) is 14.3. The highest BCUT2D eigenvalue weighted by molar-refractivity contribution is 6.42. The molecule has 1 aliphatic rings. The fourth-order valence-electron chi connectivity index (χ4n) is 3.57. The molecular weight excluding hydrogens is 419 g/mol. The summed E-state index contributed by atoms with van der Waals surface area (Å²) >= 11 is 12.1. The van der Waals surface area contributed by atoms with Gasteiger partial charge in [-0.2, -0.15) is 10.5 Å². The normalized spacial score (nSPS) is 14.0. The van der Waals surface area contributed by atoms with Crippen LogP contribution in [0.4, 0.5) is 5.82 Å². The number of furan rings is 1. The topological polar surface area (TPSA) is 99.6 Å². The second-order valence-corrected chi connectivity index (χ2v) is 7.65. The van der Waals surface area contributed by atoms with Crippen LogP contribution in [-0.4, -0.2) is 4.98 Å². The molecule has 2 aromatic heterocycles. The lowest BCUT2D eigenvalue weighted by atomic mass is 9.96. The number of hydrogen-bond acceptors (Lipinski definition) is 5. The van der Waals surface area contributed by atoms with Crippen molar-refractivity contribution in [3.63, 3.8) is 0 Å². The van der Waals surface area contributed by atoms with Crippen LogP contribution in [0.1, 0.15) is 35.1 Å². The molecule has 0 atom stereocenters. The van der Waals surface area contributed by atoms with Gasteiger partial charge in [0.1, 0.15) is 29.5 Å². The third kappa shape index (κ3) is 3.06. The van der Waals surface area contributed by atoms with Gasteiger partial charge in [-0.15, -0.1) is 0 Å². The number of pyridine rings is 1. The summed E-state index contributed by atoms with van der Waals surface area (Å²) in [5.74, 6) is 1.34. The van der Waals surface area contributed by atoms with Crippen LogP contribution >= 0.6 is 23.2 Å². The first-order valence-electron chi connectivity index (χ1n) is 8.95. The zero-order valence-corrected chi connectivity index (χ0v) is 17.6.